The van der Waals surface area contributed by atoms with Crippen LogP contribution in [0.5, 0.6) is 0 Å². The van der Waals surface area contributed by atoms with Gasteiger partial charge in [-0.1, -0.05) is 12.1 Å². The number of hydrogen-bond acceptors (Lipinski definition) is 1. The van der Waals surface area contributed by atoms with Crippen LogP contribution < -0.4 is 0 Å². The molecule has 0 aliphatic heterocycles. The van der Waals surface area contributed by atoms with E-state index in [2.05, 4.69) is 11.4 Å². The van der Waals surface area contributed by atoms with E-state index in [-0.39, 0.29) is 11.2 Å². The van der Waals surface area contributed by atoms with Crippen molar-refractivity contribution in [1.82, 2.24) is 0 Å². The van der Waals surface area contributed by atoms with Gasteiger partial charge in [-0.3, -0.25) is 0 Å². The summed E-state index contributed by atoms with van der Waals surface area (Å²) in [5.74, 6) is -0.178. The van der Waals surface area contributed by atoms with E-state index in [1.807, 2.05) is 11.4 Å². The third-order valence-electron chi connectivity index (χ3n) is 2.54. The fourth-order valence-electron chi connectivity index (χ4n) is 1.60. The lowest BCUT2D eigenvalue weighted by Crippen LogP contribution is -1.96. The summed E-state index contributed by atoms with van der Waals surface area (Å²) in [6.07, 6.45) is 0.788. The number of aryl methyl sites for hydroxylation is 1. The topological polar surface area (TPSA) is 0 Å². The molecule has 2 aromatic rings. The van der Waals surface area contributed by atoms with Crippen LogP contribution in [-0.4, -0.2) is 0 Å². The quantitative estimate of drug-likeness (QED) is 0.696. The number of benzene rings is 1. The molecule has 2 rings (SSSR count). The van der Waals surface area contributed by atoms with Gasteiger partial charge < -0.3 is 0 Å². The minimum absolute atomic E-state index is 0.0890. The maximum absolute atomic E-state index is 13.1. The molecule has 0 N–H and O–H groups in total. The molecule has 0 aliphatic rings. The predicted octanol–water partition coefficient (Wildman–Crippen LogP) is 4.72. The molecule has 1 aromatic carbocycles. The van der Waals surface area contributed by atoms with Crippen LogP contribution in [0, 0.1) is 12.7 Å². The van der Waals surface area contributed by atoms with E-state index < -0.39 is 0 Å². The maximum atomic E-state index is 13.1. The Morgan fingerprint density at radius 3 is 2.81 bits per heavy atom. The fraction of sp³-hybridized carbons (Fsp3) is 0.231. The summed E-state index contributed by atoms with van der Waals surface area (Å²) in [5, 5.41) is 4.04. The number of halogens is 2. The molecular weight excluding hydrogens is 243 g/mol. The zero-order valence-corrected chi connectivity index (χ0v) is 10.5. The Morgan fingerprint density at radius 2 is 2.19 bits per heavy atom. The van der Waals surface area contributed by atoms with Gasteiger partial charge in [0.15, 0.2) is 0 Å². The van der Waals surface area contributed by atoms with Crippen molar-refractivity contribution in [3.8, 4) is 0 Å². The van der Waals surface area contributed by atoms with E-state index in [1.54, 1.807) is 24.3 Å². The molecule has 0 nitrogen and oxygen atoms in total. The van der Waals surface area contributed by atoms with E-state index in [9.17, 15) is 4.39 Å². The molecule has 3 heteroatoms. The minimum Gasteiger partial charge on any atom is -0.207 e. The first-order valence-corrected chi connectivity index (χ1v) is 6.46. The molecule has 1 atom stereocenters. The monoisotopic (exact) mass is 254 g/mol. The third-order valence-corrected chi connectivity index (χ3v) is 3.68. The van der Waals surface area contributed by atoms with Crippen molar-refractivity contribution in [1.29, 1.82) is 0 Å². The first-order chi connectivity index (χ1) is 7.66. The van der Waals surface area contributed by atoms with Gasteiger partial charge in [0.1, 0.15) is 5.82 Å². The Balaban J connectivity index is 2.14. The molecule has 0 aliphatic carbocycles. The van der Waals surface area contributed by atoms with Crippen LogP contribution in [0.25, 0.3) is 0 Å². The average molecular weight is 255 g/mol. The Kier molecular flexibility index (Phi) is 3.62. The second kappa shape index (κ2) is 4.98. The van der Waals surface area contributed by atoms with Crippen LogP contribution >= 0.6 is 22.9 Å². The van der Waals surface area contributed by atoms with Gasteiger partial charge in [-0.25, -0.2) is 4.39 Å². The maximum Gasteiger partial charge on any atom is 0.126 e. The lowest BCUT2D eigenvalue weighted by molar-refractivity contribution is 0.617. The van der Waals surface area contributed by atoms with Gasteiger partial charge in [-0.05, 0) is 52.9 Å². The van der Waals surface area contributed by atoms with Crippen LogP contribution in [0.2, 0.25) is 0 Å². The minimum atomic E-state index is -0.178. The van der Waals surface area contributed by atoms with E-state index >= 15 is 0 Å². The Bertz CT molecular complexity index is 465. The highest BCUT2D eigenvalue weighted by molar-refractivity contribution is 7.07. The first-order valence-electron chi connectivity index (χ1n) is 5.08. The molecule has 1 aromatic heterocycles. The van der Waals surface area contributed by atoms with E-state index in [4.69, 9.17) is 11.6 Å². The zero-order chi connectivity index (χ0) is 11.5. The van der Waals surface area contributed by atoms with E-state index in [0.717, 1.165) is 12.0 Å². The normalized spacial score (nSPS) is 12.7. The molecule has 16 heavy (non-hydrogen) atoms. The summed E-state index contributed by atoms with van der Waals surface area (Å²) < 4.78 is 13.1. The smallest absolute Gasteiger partial charge is 0.126 e. The summed E-state index contributed by atoms with van der Waals surface area (Å²) >= 11 is 7.97. The van der Waals surface area contributed by atoms with Gasteiger partial charge in [0.25, 0.3) is 0 Å². The van der Waals surface area contributed by atoms with Crippen molar-refractivity contribution in [2.45, 2.75) is 18.7 Å². The van der Waals surface area contributed by atoms with Gasteiger partial charge in [-0.15, -0.1) is 11.6 Å². The lowest BCUT2D eigenvalue weighted by atomic mass is 10.0. The molecule has 0 amide bonds. The summed E-state index contributed by atoms with van der Waals surface area (Å²) in [6, 6.07) is 7.12. The molecule has 0 radical (unpaired) electrons. The van der Waals surface area contributed by atoms with Crippen LogP contribution in [0.4, 0.5) is 4.39 Å². The van der Waals surface area contributed by atoms with Crippen molar-refractivity contribution < 1.29 is 4.39 Å². The largest absolute Gasteiger partial charge is 0.207 e. The van der Waals surface area contributed by atoms with Crippen LogP contribution in [0.3, 0.4) is 0 Å². The Labute approximate surface area is 104 Å². The SMILES string of the molecule is Cc1cc(C(Cl)Cc2ccsc2)ccc1F. The molecule has 1 heterocycles. The van der Waals surface area contributed by atoms with E-state index in [0.29, 0.717) is 5.56 Å². The third kappa shape index (κ3) is 2.63. The molecule has 1 unspecified atom stereocenters. The summed E-state index contributed by atoms with van der Waals surface area (Å²) in [6.45, 7) is 1.76. The molecule has 0 saturated carbocycles. The second-order valence-electron chi connectivity index (χ2n) is 3.81. The number of thiophene rings is 1. The van der Waals surface area contributed by atoms with Gasteiger partial charge in [0.05, 0.1) is 5.38 Å². The van der Waals surface area contributed by atoms with Crippen molar-refractivity contribution in [2.75, 3.05) is 0 Å². The summed E-state index contributed by atoms with van der Waals surface area (Å²) in [7, 11) is 0. The van der Waals surface area contributed by atoms with Crippen molar-refractivity contribution in [3.05, 3.63) is 57.5 Å². The van der Waals surface area contributed by atoms with Crippen molar-refractivity contribution >= 4 is 22.9 Å². The van der Waals surface area contributed by atoms with Crippen LogP contribution in [-0.2, 0) is 6.42 Å². The van der Waals surface area contributed by atoms with Gasteiger partial charge in [0, 0.05) is 0 Å². The van der Waals surface area contributed by atoms with Crippen LogP contribution in [0.15, 0.2) is 35.0 Å². The fourth-order valence-corrected chi connectivity index (χ4v) is 2.59. The standard InChI is InChI=1S/C13H12ClFS/c1-9-6-11(2-3-13(9)15)12(14)7-10-4-5-16-8-10/h2-6,8,12H,7H2,1H3. The number of rotatable bonds is 3. The first kappa shape index (κ1) is 11.6. The zero-order valence-electron chi connectivity index (χ0n) is 8.91. The molecular formula is C13H12ClFS. The average Bonchev–Trinajstić information content (AvgIpc) is 2.74. The highest BCUT2D eigenvalue weighted by Gasteiger charge is 2.10. The highest BCUT2D eigenvalue weighted by Crippen LogP contribution is 2.27. The lowest BCUT2D eigenvalue weighted by Gasteiger charge is -2.10. The molecule has 0 saturated heterocycles. The molecule has 0 spiro atoms. The van der Waals surface area contributed by atoms with Gasteiger partial charge in [0.2, 0.25) is 0 Å². The van der Waals surface area contributed by atoms with Gasteiger partial charge in [-0.2, -0.15) is 11.3 Å². The highest BCUT2D eigenvalue weighted by atomic mass is 35.5. The summed E-state index contributed by atoms with van der Waals surface area (Å²) in [4.78, 5) is 0. The molecule has 0 fully saturated rings. The molecule has 0 bridgehead atoms. The Hall–Kier alpha value is -0.860. The van der Waals surface area contributed by atoms with Crippen molar-refractivity contribution in [2.24, 2.45) is 0 Å². The van der Waals surface area contributed by atoms with Gasteiger partial charge >= 0.3 is 0 Å². The number of hydrogen-bond donors (Lipinski definition) is 0. The second-order valence-corrected chi connectivity index (χ2v) is 5.12. The number of alkyl halides is 1. The predicted molar refractivity (Wildman–Crippen MR) is 67.8 cm³/mol. The van der Waals surface area contributed by atoms with Crippen molar-refractivity contribution in [3.63, 3.8) is 0 Å². The molecule has 84 valence electrons. The van der Waals surface area contributed by atoms with Crippen LogP contribution in [0.1, 0.15) is 22.1 Å². The Morgan fingerprint density at radius 1 is 1.38 bits per heavy atom. The van der Waals surface area contributed by atoms with E-state index in [1.165, 1.54) is 11.6 Å². The summed E-state index contributed by atoms with van der Waals surface area (Å²) in [5.41, 5.74) is 2.85.